The maximum atomic E-state index is 12.6. The summed E-state index contributed by atoms with van der Waals surface area (Å²) in [5.74, 6) is 0.735. The van der Waals surface area contributed by atoms with E-state index >= 15 is 0 Å². The number of nitrogens with one attached hydrogen (secondary N) is 2. The molecule has 0 radical (unpaired) electrons. The number of para-hydroxylation sites is 1. The van der Waals surface area contributed by atoms with E-state index in [9.17, 15) is 8.42 Å². The molecule has 23 heavy (non-hydrogen) atoms. The van der Waals surface area contributed by atoms with Crippen molar-refractivity contribution < 1.29 is 8.42 Å². The molecular weight excluding hydrogens is 310 g/mol. The molecular formula is C17H19N3O2S. The van der Waals surface area contributed by atoms with Crippen LogP contribution in [0.4, 0.5) is 5.69 Å². The van der Waals surface area contributed by atoms with Crippen molar-refractivity contribution >= 4 is 21.5 Å². The molecule has 1 heterocycles. The Morgan fingerprint density at radius 3 is 2.52 bits per heavy atom. The number of amidine groups is 1. The highest BCUT2D eigenvalue weighted by atomic mass is 32.2. The zero-order valence-electron chi connectivity index (χ0n) is 12.9. The van der Waals surface area contributed by atoms with Gasteiger partial charge in [-0.05, 0) is 37.6 Å². The van der Waals surface area contributed by atoms with Crippen LogP contribution in [0, 0.1) is 6.92 Å². The monoisotopic (exact) mass is 329 g/mol. The van der Waals surface area contributed by atoms with Crippen molar-refractivity contribution in [1.29, 1.82) is 0 Å². The average Bonchev–Trinajstić information content (AvgIpc) is 2.56. The quantitative estimate of drug-likeness (QED) is 0.905. The van der Waals surface area contributed by atoms with E-state index in [4.69, 9.17) is 0 Å². The number of anilines is 1. The first-order valence-electron chi connectivity index (χ1n) is 7.53. The summed E-state index contributed by atoms with van der Waals surface area (Å²) in [5.41, 5.74) is 2.31. The van der Waals surface area contributed by atoms with Gasteiger partial charge in [-0.3, -0.25) is 9.71 Å². The number of hydrogen-bond donors (Lipinski definition) is 2. The molecule has 0 atom stereocenters. The molecule has 0 fully saturated rings. The molecule has 120 valence electrons. The van der Waals surface area contributed by atoms with E-state index in [1.54, 1.807) is 36.4 Å². The van der Waals surface area contributed by atoms with Gasteiger partial charge in [0, 0.05) is 18.7 Å². The second-order valence-corrected chi connectivity index (χ2v) is 7.16. The van der Waals surface area contributed by atoms with Gasteiger partial charge in [0.15, 0.2) is 0 Å². The van der Waals surface area contributed by atoms with Crippen molar-refractivity contribution in [2.75, 3.05) is 17.8 Å². The van der Waals surface area contributed by atoms with Crippen LogP contribution in [0.5, 0.6) is 0 Å². The summed E-state index contributed by atoms with van der Waals surface area (Å²) in [6.45, 7) is 3.52. The third-order valence-electron chi connectivity index (χ3n) is 3.66. The highest BCUT2D eigenvalue weighted by Crippen LogP contribution is 2.21. The molecule has 2 aromatic rings. The lowest BCUT2D eigenvalue weighted by Gasteiger charge is -2.18. The van der Waals surface area contributed by atoms with Crippen LogP contribution >= 0.6 is 0 Å². The Hall–Kier alpha value is -2.34. The van der Waals surface area contributed by atoms with Crippen molar-refractivity contribution in [1.82, 2.24) is 5.32 Å². The summed E-state index contributed by atoms with van der Waals surface area (Å²) in [5, 5.41) is 3.22. The Morgan fingerprint density at radius 1 is 1.09 bits per heavy atom. The van der Waals surface area contributed by atoms with Crippen molar-refractivity contribution in [3.8, 4) is 0 Å². The van der Waals surface area contributed by atoms with Gasteiger partial charge in [-0.15, -0.1) is 0 Å². The third kappa shape index (κ3) is 3.53. The largest absolute Gasteiger partial charge is 0.370 e. The van der Waals surface area contributed by atoms with Crippen molar-refractivity contribution in [2.45, 2.75) is 18.2 Å². The molecule has 0 spiro atoms. The fraction of sp³-hybridized carbons (Fsp3) is 0.235. The number of aryl methyl sites for hydroxylation is 1. The number of aliphatic imine (C=N–C) groups is 1. The Kier molecular flexibility index (Phi) is 4.34. The second-order valence-electron chi connectivity index (χ2n) is 5.47. The first-order valence-corrected chi connectivity index (χ1v) is 9.02. The summed E-state index contributed by atoms with van der Waals surface area (Å²) >= 11 is 0. The molecule has 0 unspecified atom stereocenters. The van der Waals surface area contributed by atoms with E-state index < -0.39 is 10.0 Å². The molecule has 2 N–H and O–H groups in total. The topological polar surface area (TPSA) is 70.6 Å². The molecule has 0 saturated carbocycles. The molecule has 2 aromatic carbocycles. The van der Waals surface area contributed by atoms with Crippen LogP contribution in [0.1, 0.15) is 17.5 Å². The number of nitrogens with zero attached hydrogens (tertiary/aromatic N) is 1. The lowest BCUT2D eigenvalue weighted by Crippen LogP contribution is -2.31. The van der Waals surface area contributed by atoms with E-state index in [0.29, 0.717) is 5.69 Å². The van der Waals surface area contributed by atoms with E-state index in [1.165, 1.54) is 0 Å². The van der Waals surface area contributed by atoms with Gasteiger partial charge in [0.05, 0.1) is 10.6 Å². The minimum Gasteiger partial charge on any atom is -0.370 e. The van der Waals surface area contributed by atoms with Crippen LogP contribution in [0.15, 0.2) is 58.4 Å². The molecule has 3 rings (SSSR count). The van der Waals surface area contributed by atoms with E-state index in [1.807, 2.05) is 19.1 Å². The first-order chi connectivity index (χ1) is 11.1. The van der Waals surface area contributed by atoms with Gasteiger partial charge in [-0.25, -0.2) is 8.42 Å². The zero-order valence-corrected chi connectivity index (χ0v) is 13.7. The number of rotatable bonds is 4. The Bertz CT molecular complexity index is 827. The van der Waals surface area contributed by atoms with Crippen LogP contribution < -0.4 is 10.0 Å². The molecule has 1 aliphatic rings. The first kappa shape index (κ1) is 15.6. The van der Waals surface area contributed by atoms with Crippen molar-refractivity contribution in [3.05, 3.63) is 59.7 Å². The molecule has 0 amide bonds. The molecule has 1 aliphatic heterocycles. The fourth-order valence-electron chi connectivity index (χ4n) is 2.41. The predicted octanol–water partition coefficient (Wildman–Crippen LogP) is 2.54. The molecule has 0 aromatic heterocycles. The van der Waals surface area contributed by atoms with Gasteiger partial charge in [0.1, 0.15) is 5.84 Å². The van der Waals surface area contributed by atoms with Crippen LogP contribution in [0.3, 0.4) is 0 Å². The zero-order chi connectivity index (χ0) is 16.3. The third-order valence-corrected chi connectivity index (χ3v) is 5.04. The highest BCUT2D eigenvalue weighted by molar-refractivity contribution is 7.92. The van der Waals surface area contributed by atoms with Gasteiger partial charge in [-0.2, -0.15) is 0 Å². The van der Waals surface area contributed by atoms with Crippen molar-refractivity contribution in [3.63, 3.8) is 0 Å². The number of benzene rings is 2. The second kappa shape index (κ2) is 6.42. The normalized spacial score (nSPS) is 14.7. The summed E-state index contributed by atoms with van der Waals surface area (Å²) in [6.07, 6.45) is 0.987. The van der Waals surface area contributed by atoms with Gasteiger partial charge in [0.2, 0.25) is 0 Å². The van der Waals surface area contributed by atoms with Crippen LogP contribution in [-0.2, 0) is 10.0 Å². The van der Waals surface area contributed by atoms with Crippen LogP contribution in [0.25, 0.3) is 0 Å². The molecule has 6 heteroatoms. The summed E-state index contributed by atoms with van der Waals surface area (Å²) in [6, 6.07) is 14.1. The maximum absolute atomic E-state index is 12.6. The van der Waals surface area contributed by atoms with E-state index in [-0.39, 0.29) is 4.90 Å². The van der Waals surface area contributed by atoms with Crippen LogP contribution in [0.2, 0.25) is 0 Å². The Morgan fingerprint density at radius 2 is 1.83 bits per heavy atom. The van der Waals surface area contributed by atoms with E-state index in [0.717, 1.165) is 36.5 Å². The molecule has 0 saturated heterocycles. The summed E-state index contributed by atoms with van der Waals surface area (Å²) < 4.78 is 27.8. The highest BCUT2D eigenvalue weighted by Gasteiger charge is 2.18. The number of sulfonamides is 1. The van der Waals surface area contributed by atoms with Crippen LogP contribution in [-0.4, -0.2) is 27.3 Å². The standard InChI is InChI=1S/C17H19N3O2S/c1-13-7-9-14(10-8-13)23(21,22)20-16-6-3-2-5-15(16)17-18-11-4-12-19-17/h2-3,5-10,20H,4,11-12H2,1H3,(H,18,19). The smallest absolute Gasteiger partial charge is 0.261 e. The minimum absolute atomic E-state index is 0.247. The molecule has 5 nitrogen and oxygen atoms in total. The molecule has 0 bridgehead atoms. The Balaban J connectivity index is 1.93. The van der Waals surface area contributed by atoms with Crippen molar-refractivity contribution in [2.24, 2.45) is 4.99 Å². The summed E-state index contributed by atoms with van der Waals surface area (Å²) in [7, 11) is -3.62. The van der Waals surface area contributed by atoms with Gasteiger partial charge < -0.3 is 5.32 Å². The van der Waals surface area contributed by atoms with Gasteiger partial charge in [0.25, 0.3) is 10.0 Å². The fourth-order valence-corrected chi connectivity index (χ4v) is 3.49. The predicted molar refractivity (Wildman–Crippen MR) is 92.5 cm³/mol. The SMILES string of the molecule is Cc1ccc(S(=O)(=O)Nc2ccccc2C2=NCCCN2)cc1. The van der Waals surface area contributed by atoms with Gasteiger partial charge in [-0.1, -0.05) is 29.8 Å². The average molecular weight is 329 g/mol. The lowest BCUT2D eigenvalue weighted by atomic mass is 10.1. The maximum Gasteiger partial charge on any atom is 0.261 e. The summed E-state index contributed by atoms with van der Waals surface area (Å²) in [4.78, 5) is 4.69. The Labute approximate surface area is 136 Å². The van der Waals surface area contributed by atoms with Gasteiger partial charge >= 0.3 is 0 Å². The number of hydrogen-bond acceptors (Lipinski definition) is 4. The minimum atomic E-state index is -3.62. The van der Waals surface area contributed by atoms with E-state index in [2.05, 4.69) is 15.0 Å². The molecule has 0 aliphatic carbocycles. The lowest BCUT2D eigenvalue weighted by molar-refractivity contribution is 0.601.